The Balaban J connectivity index is 3.55. The molecule has 0 radical (unpaired) electrons. The summed E-state index contributed by atoms with van der Waals surface area (Å²) in [4.78, 5) is 32.3. The summed E-state index contributed by atoms with van der Waals surface area (Å²) in [5.74, 6) is -0.529. The number of carbonyl (C=O) groups excluding carboxylic acids is 2. The lowest BCUT2D eigenvalue weighted by Crippen LogP contribution is -2.07. The minimum atomic E-state index is -0.698. The van der Waals surface area contributed by atoms with E-state index in [1.165, 1.54) is 13.2 Å². The number of methoxy groups -OCH3 is 1. The SMILES string of the molecule is COc1c(C(=O)CBr)cc(C=O)cc1[N+](=O)[O-]. The standard InChI is InChI=1S/C10H8BrNO5/c1-17-10-7(9(14)4-11)2-6(5-13)3-8(10)12(15)16/h2-3,5H,4H2,1H3. The Bertz CT molecular complexity index is 486. The van der Waals surface area contributed by atoms with Crippen molar-refractivity contribution in [1.82, 2.24) is 0 Å². The molecule has 0 N–H and O–H groups in total. The van der Waals surface area contributed by atoms with Crippen molar-refractivity contribution < 1.29 is 19.2 Å². The first kappa shape index (κ1) is 13.3. The zero-order chi connectivity index (χ0) is 13.0. The lowest BCUT2D eigenvalue weighted by molar-refractivity contribution is -0.385. The number of hydrogen-bond donors (Lipinski definition) is 0. The van der Waals surface area contributed by atoms with Crippen LogP contribution in [0.4, 0.5) is 5.69 Å². The van der Waals surface area contributed by atoms with Gasteiger partial charge in [0.05, 0.1) is 22.9 Å². The molecule has 0 saturated heterocycles. The van der Waals surface area contributed by atoms with E-state index in [9.17, 15) is 19.7 Å². The van der Waals surface area contributed by atoms with Crippen molar-refractivity contribution in [3.8, 4) is 5.75 Å². The predicted octanol–water partition coefficient (Wildman–Crippen LogP) is 1.99. The molecule has 17 heavy (non-hydrogen) atoms. The summed E-state index contributed by atoms with van der Waals surface area (Å²) in [6.45, 7) is 0. The second-order valence-electron chi connectivity index (χ2n) is 3.05. The van der Waals surface area contributed by atoms with Crippen LogP contribution < -0.4 is 4.74 Å². The van der Waals surface area contributed by atoms with Crippen molar-refractivity contribution in [2.45, 2.75) is 0 Å². The van der Waals surface area contributed by atoms with Crippen molar-refractivity contribution in [3.05, 3.63) is 33.4 Å². The maximum absolute atomic E-state index is 11.6. The van der Waals surface area contributed by atoms with Crippen molar-refractivity contribution in [2.24, 2.45) is 0 Å². The number of halogens is 1. The fraction of sp³-hybridized carbons (Fsp3) is 0.200. The van der Waals surface area contributed by atoms with Gasteiger partial charge >= 0.3 is 5.69 Å². The van der Waals surface area contributed by atoms with Gasteiger partial charge in [-0.2, -0.15) is 0 Å². The van der Waals surface area contributed by atoms with Crippen LogP contribution in [0, 0.1) is 10.1 Å². The molecule has 0 heterocycles. The van der Waals surface area contributed by atoms with Crippen molar-refractivity contribution in [3.63, 3.8) is 0 Å². The lowest BCUT2D eigenvalue weighted by Gasteiger charge is -2.07. The van der Waals surface area contributed by atoms with Crippen LogP contribution in [0.25, 0.3) is 0 Å². The molecule has 0 bridgehead atoms. The zero-order valence-electron chi connectivity index (χ0n) is 8.81. The van der Waals surface area contributed by atoms with Crippen LogP contribution in [0.1, 0.15) is 20.7 Å². The molecule has 0 amide bonds. The van der Waals surface area contributed by atoms with Crippen LogP contribution >= 0.6 is 15.9 Å². The number of aldehydes is 1. The van der Waals surface area contributed by atoms with Gasteiger partial charge in [-0.25, -0.2) is 0 Å². The predicted molar refractivity (Wildman–Crippen MR) is 63.2 cm³/mol. The number of carbonyl (C=O) groups is 2. The van der Waals surface area contributed by atoms with E-state index in [2.05, 4.69) is 15.9 Å². The maximum Gasteiger partial charge on any atom is 0.312 e. The monoisotopic (exact) mass is 301 g/mol. The molecule has 0 aliphatic rings. The molecule has 0 saturated carbocycles. The number of nitro groups is 1. The van der Waals surface area contributed by atoms with Gasteiger partial charge in [0.2, 0.25) is 5.75 Å². The van der Waals surface area contributed by atoms with Gasteiger partial charge in [0, 0.05) is 11.6 Å². The van der Waals surface area contributed by atoms with E-state index in [1.807, 2.05) is 0 Å². The first-order valence-corrected chi connectivity index (χ1v) is 5.58. The smallest absolute Gasteiger partial charge is 0.312 e. The molecule has 0 unspecified atom stereocenters. The zero-order valence-corrected chi connectivity index (χ0v) is 10.4. The van der Waals surface area contributed by atoms with Gasteiger partial charge in [-0.3, -0.25) is 19.7 Å². The lowest BCUT2D eigenvalue weighted by atomic mass is 10.1. The van der Waals surface area contributed by atoms with Crippen molar-refractivity contribution >= 4 is 33.7 Å². The van der Waals surface area contributed by atoms with Gasteiger partial charge in [-0.15, -0.1) is 0 Å². The van der Waals surface area contributed by atoms with Gasteiger partial charge in [0.1, 0.15) is 6.29 Å². The molecular weight excluding hydrogens is 294 g/mol. The Morgan fingerprint density at radius 1 is 1.59 bits per heavy atom. The minimum Gasteiger partial charge on any atom is -0.490 e. The number of hydrogen-bond acceptors (Lipinski definition) is 5. The highest BCUT2D eigenvalue weighted by molar-refractivity contribution is 9.09. The third kappa shape index (κ3) is 2.68. The molecule has 90 valence electrons. The second kappa shape index (κ2) is 5.53. The highest BCUT2D eigenvalue weighted by atomic mass is 79.9. The molecule has 6 nitrogen and oxygen atoms in total. The fourth-order valence-corrected chi connectivity index (χ4v) is 1.63. The van der Waals surface area contributed by atoms with Gasteiger partial charge in [-0.05, 0) is 6.07 Å². The van der Waals surface area contributed by atoms with Gasteiger partial charge < -0.3 is 4.74 Å². The van der Waals surface area contributed by atoms with E-state index in [-0.39, 0.29) is 22.2 Å². The molecule has 0 atom stereocenters. The molecule has 0 fully saturated rings. The van der Waals surface area contributed by atoms with Crippen LogP contribution in [0.15, 0.2) is 12.1 Å². The first-order valence-electron chi connectivity index (χ1n) is 4.46. The Hall–Kier alpha value is -1.76. The van der Waals surface area contributed by atoms with Crippen LogP contribution in [-0.2, 0) is 0 Å². The molecule has 1 aromatic carbocycles. The molecular formula is C10H8BrNO5. The normalized spacial score (nSPS) is 9.76. The highest BCUT2D eigenvalue weighted by Crippen LogP contribution is 2.32. The molecule has 0 aliphatic heterocycles. The Morgan fingerprint density at radius 2 is 2.24 bits per heavy atom. The van der Waals surface area contributed by atoms with Crippen LogP contribution in [-0.4, -0.2) is 29.4 Å². The first-order chi connectivity index (χ1) is 8.04. The number of nitro benzene ring substituents is 1. The quantitative estimate of drug-likeness (QED) is 0.273. The highest BCUT2D eigenvalue weighted by Gasteiger charge is 2.23. The fourth-order valence-electron chi connectivity index (χ4n) is 1.33. The molecule has 0 aliphatic carbocycles. The summed E-state index contributed by atoms with van der Waals surface area (Å²) >= 11 is 2.96. The van der Waals surface area contributed by atoms with Crippen molar-refractivity contribution in [1.29, 1.82) is 0 Å². The average Bonchev–Trinajstić information content (AvgIpc) is 2.35. The number of ether oxygens (including phenoxy) is 1. The van der Waals surface area contributed by atoms with Gasteiger partial charge in [0.25, 0.3) is 0 Å². The molecule has 1 rings (SSSR count). The second-order valence-corrected chi connectivity index (χ2v) is 3.61. The van der Waals surface area contributed by atoms with E-state index in [0.717, 1.165) is 6.07 Å². The number of rotatable bonds is 5. The number of Topliss-reactive ketones (excluding diaryl/α,β-unsaturated/α-hetero) is 1. The number of alkyl halides is 1. The van der Waals surface area contributed by atoms with Crippen molar-refractivity contribution in [2.75, 3.05) is 12.4 Å². The summed E-state index contributed by atoms with van der Waals surface area (Å²) in [5, 5.41) is 10.8. The van der Waals surface area contributed by atoms with E-state index >= 15 is 0 Å². The maximum atomic E-state index is 11.6. The largest absolute Gasteiger partial charge is 0.490 e. The summed E-state index contributed by atoms with van der Waals surface area (Å²) in [5.41, 5.74) is -0.330. The molecule has 0 aromatic heterocycles. The third-order valence-electron chi connectivity index (χ3n) is 2.05. The number of benzene rings is 1. The third-order valence-corrected chi connectivity index (χ3v) is 2.56. The summed E-state index contributed by atoms with van der Waals surface area (Å²) in [6, 6.07) is 2.33. The number of nitrogens with zero attached hydrogens (tertiary/aromatic N) is 1. The minimum absolute atomic E-state index is 0.0111. The van der Waals surface area contributed by atoms with E-state index in [0.29, 0.717) is 6.29 Å². The Labute approximate surface area is 105 Å². The summed E-state index contributed by atoms with van der Waals surface area (Å²) in [7, 11) is 1.23. The van der Waals surface area contributed by atoms with E-state index in [4.69, 9.17) is 4.74 Å². The van der Waals surface area contributed by atoms with Gasteiger partial charge in [0.15, 0.2) is 5.78 Å². The molecule has 0 spiro atoms. The summed E-state index contributed by atoms with van der Waals surface area (Å²) < 4.78 is 4.86. The topological polar surface area (TPSA) is 86.5 Å². The Kier molecular flexibility index (Phi) is 4.33. The van der Waals surface area contributed by atoms with Crippen LogP contribution in [0.3, 0.4) is 0 Å². The molecule has 1 aromatic rings. The Morgan fingerprint density at radius 3 is 2.65 bits per heavy atom. The summed E-state index contributed by atoms with van der Waals surface area (Å²) in [6.07, 6.45) is 0.442. The number of ketones is 1. The molecule has 7 heteroatoms. The van der Waals surface area contributed by atoms with E-state index < -0.39 is 16.4 Å². The average molecular weight is 302 g/mol. The van der Waals surface area contributed by atoms with Crippen LogP contribution in [0.5, 0.6) is 5.75 Å². The van der Waals surface area contributed by atoms with Crippen LogP contribution in [0.2, 0.25) is 0 Å². The van der Waals surface area contributed by atoms with Gasteiger partial charge in [-0.1, -0.05) is 15.9 Å². The van der Waals surface area contributed by atoms with E-state index in [1.54, 1.807) is 0 Å².